The molecule has 0 unspecified atom stereocenters. The van der Waals surface area contributed by atoms with Gasteiger partial charge in [-0.3, -0.25) is 4.68 Å². The number of carboxylic acid groups (broad SMARTS) is 1. The summed E-state index contributed by atoms with van der Waals surface area (Å²) < 4.78 is 2.03. The van der Waals surface area contributed by atoms with Gasteiger partial charge in [0.1, 0.15) is 10.6 Å². The Bertz CT molecular complexity index is 271. The summed E-state index contributed by atoms with van der Waals surface area (Å²) in [6.45, 7) is 1.57. The van der Waals surface area contributed by atoms with Crippen molar-refractivity contribution in [2.45, 2.75) is 13.0 Å². The SMILES string of the molecule is C[C@@H](C(=O)O)n1ccc(Br)n1. The van der Waals surface area contributed by atoms with Gasteiger partial charge in [-0.1, -0.05) is 0 Å². The fourth-order valence-corrected chi connectivity index (χ4v) is 0.945. The van der Waals surface area contributed by atoms with Crippen molar-refractivity contribution in [2.24, 2.45) is 0 Å². The van der Waals surface area contributed by atoms with Crippen molar-refractivity contribution in [3.05, 3.63) is 16.9 Å². The molecule has 0 bridgehead atoms. The second-order valence-corrected chi connectivity index (χ2v) is 2.95. The van der Waals surface area contributed by atoms with Gasteiger partial charge in [0, 0.05) is 6.20 Å². The van der Waals surface area contributed by atoms with Crippen molar-refractivity contribution in [2.75, 3.05) is 0 Å². The van der Waals surface area contributed by atoms with Gasteiger partial charge in [0.25, 0.3) is 0 Å². The molecule has 0 spiro atoms. The lowest BCUT2D eigenvalue weighted by Gasteiger charge is -2.04. The smallest absolute Gasteiger partial charge is 0.328 e. The summed E-state index contributed by atoms with van der Waals surface area (Å²) in [6.07, 6.45) is 1.61. The zero-order valence-corrected chi connectivity index (χ0v) is 7.45. The molecule has 0 aromatic carbocycles. The van der Waals surface area contributed by atoms with Crippen LogP contribution in [0.4, 0.5) is 0 Å². The van der Waals surface area contributed by atoms with E-state index in [1.165, 1.54) is 4.68 Å². The highest BCUT2D eigenvalue weighted by molar-refractivity contribution is 9.10. The first-order valence-corrected chi connectivity index (χ1v) is 3.84. The molecule has 1 aromatic rings. The monoisotopic (exact) mass is 218 g/mol. The van der Waals surface area contributed by atoms with Gasteiger partial charge in [0.05, 0.1) is 0 Å². The van der Waals surface area contributed by atoms with Gasteiger partial charge in [-0.25, -0.2) is 4.79 Å². The van der Waals surface area contributed by atoms with Crippen LogP contribution in [0.3, 0.4) is 0 Å². The van der Waals surface area contributed by atoms with Crippen LogP contribution in [0.1, 0.15) is 13.0 Å². The average molecular weight is 219 g/mol. The maximum absolute atomic E-state index is 10.4. The van der Waals surface area contributed by atoms with Gasteiger partial charge >= 0.3 is 5.97 Å². The second-order valence-electron chi connectivity index (χ2n) is 2.13. The van der Waals surface area contributed by atoms with Crippen LogP contribution in [0.2, 0.25) is 0 Å². The van der Waals surface area contributed by atoms with Crippen LogP contribution in [0.5, 0.6) is 0 Å². The minimum absolute atomic E-state index is 0.610. The lowest BCUT2D eigenvalue weighted by Crippen LogP contribution is -2.15. The molecule has 1 aromatic heterocycles. The van der Waals surface area contributed by atoms with Crippen LogP contribution in [-0.4, -0.2) is 20.9 Å². The molecule has 1 atom stereocenters. The first-order valence-electron chi connectivity index (χ1n) is 3.04. The summed E-state index contributed by atoms with van der Waals surface area (Å²) in [4.78, 5) is 10.4. The number of carboxylic acids is 1. The molecule has 0 aliphatic heterocycles. The third-order valence-corrected chi connectivity index (χ3v) is 1.75. The Labute approximate surface area is 72.0 Å². The zero-order valence-electron chi connectivity index (χ0n) is 5.86. The minimum atomic E-state index is -0.888. The molecule has 1 rings (SSSR count). The summed E-state index contributed by atoms with van der Waals surface area (Å²) in [7, 11) is 0. The van der Waals surface area contributed by atoms with Crippen LogP contribution in [-0.2, 0) is 4.79 Å². The van der Waals surface area contributed by atoms with Gasteiger partial charge in [-0.15, -0.1) is 0 Å². The first kappa shape index (κ1) is 8.26. The first-order chi connectivity index (χ1) is 5.11. The number of carbonyl (C=O) groups is 1. The molecule has 4 nitrogen and oxygen atoms in total. The highest BCUT2D eigenvalue weighted by Crippen LogP contribution is 2.09. The highest BCUT2D eigenvalue weighted by atomic mass is 79.9. The molecule has 0 aliphatic rings. The molecule has 0 aliphatic carbocycles. The Hall–Kier alpha value is -0.840. The Morgan fingerprint density at radius 1 is 1.91 bits per heavy atom. The molecule has 0 saturated carbocycles. The number of halogens is 1. The molecule has 1 heterocycles. The maximum atomic E-state index is 10.4. The van der Waals surface area contributed by atoms with Gasteiger partial charge in [0.2, 0.25) is 0 Å². The number of hydrogen-bond donors (Lipinski definition) is 1. The topological polar surface area (TPSA) is 55.1 Å². The van der Waals surface area contributed by atoms with Gasteiger partial charge < -0.3 is 5.11 Å². The van der Waals surface area contributed by atoms with E-state index in [1.54, 1.807) is 19.2 Å². The second kappa shape index (κ2) is 3.04. The van der Waals surface area contributed by atoms with Crippen LogP contribution in [0.25, 0.3) is 0 Å². The quantitative estimate of drug-likeness (QED) is 0.815. The van der Waals surface area contributed by atoms with E-state index < -0.39 is 12.0 Å². The van der Waals surface area contributed by atoms with Crippen molar-refractivity contribution in [3.63, 3.8) is 0 Å². The minimum Gasteiger partial charge on any atom is -0.480 e. The van der Waals surface area contributed by atoms with E-state index in [-0.39, 0.29) is 0 Å². The van der Waals surface area contributed by atoms with E-state index in [4.69, 9.17) is 5.11 Å². The van der Waals surface area contributed by atoms with Crippen LogP contribution >= 0.6 is 15.9 Å². The van der Waals surface area contributed by atoms with Crippen molar-refractivity contribution in [1.29, 1.82) is 0 Å². The molecule has 1 N–H and O–H groups in total. The Morgan fingerprint density at radius 3 is 2.91 bits per heavy atom. The molecule has 60 valence electrons. The van der Waals surface area contributed by atoms with Gasteiger partial charge in [-0.2, -0.15) is 5.10 Å². The molecule has 0 saturated heterocycles. The number of nitrogens with zero attached hydrogens (tertiary/aromatic N) is 2. The third-order valence-electron chi connectivity index (χ3n) is 1.33. The molecule has 5 heteroatoms. The van der Waals surface area contributed by atoms with Crippen molar-refractivity contribution < 1.29 is 9.90 Å². The van der Waals surface area contributed by atoms with Crippen LogP contribution in [0, 0.1) is 0 Å². The summed E-state index contributed by atoms with van der Waals surface area (Å²) >= 11 is 3.12. The summed E-state index contributed by atoms with van der Waals surface area (Å²) in [5, 5.41) is 12.5. The number of aromatic nitrogens is 2. The predicted octanol–water partition coefficient (Wildman–Crippen LogP) is 1.29. The summed E-state index contributed by atoms with van der Waals surface area (Å²) in [5.41, 5.74) is 0. The molecular formula is C6H7BrN2O2. The molecule has 0 amide bonds. The van der Waals surface area contributed by atoms with Crippen LogP contribution in [0.15, 0.2) is 16.9 Å². The van der Waals surface area contributed by atoms with E-state index in [9.17, 15) is 4.79 Å². The lowest BCUT2D eigenvalue weighted by molar-refractivity contribution is -0.140. The standard InChI is InChI=1S/C6H7BrN2O2/c1-4(6(10)11)9-3-2-5(7)8-9/h2-4H,1H3,(H,10,11)/t4-/m0/s1. The highest BCUT2D eigenvalue weighted by Gasteiger charge is 2.12. The maximum Gasteiger partial charge on any atom is 0.328 e. The lowest BCUT2D eigenvalue weighted by atomic mass is 10.4. The molecule has 0 radical (unpaired) electrons. The number of hydrogen-bond acceptors (Lipinski definition) is 2. The summed E-state index contributed by atoms with van der Waals surface area (Å²) in [5.74, 6) is -0.888. The summed E-state index contributed by atoms with van der Waals surface area (Å²) in [6, 6.07) is 1.08. The van der Waals surface area contributed by atoms with E-state index in [0.29, 0.717) is 4.60 Å². The normalized spacial score (nSPS) is 12.9. The fourth-order valence-electron chi connectivity index (χ4n) is 0.644. The van der Waals surface area contributed by atoms with E-state index in [1.807, 2.05) is 0 Å². The van der Waals surface area contributed by atoms with Crippen molar-refractivity contribution >= 4 is 21.9 Å². The molecule has 0 fully saturated rings. The number of aliphatic carboxylic acids is 1. The molecular weight excluding hydrogens is 212 g/mol. The van der Waals surface area contributed by atoms with E-state index in [2.05, 4.69) is 21.0 Å². The van der Waals surface area contributed by atoms with E-state index >= 15 is 0 Å². The van der Waals surface area contributed by atoms with Crippen LogP contribution < -0.4 is 0 Å². The largest absolute Gasteiger partial charge is 0.480 e. The van der Waals surface area contributed by atoms with Crippen molar-refractivity contribution in [3.8, 4) is 0 Å². The van der Waals surface area contributed by atoms with Crippen molar-refractivity contribution in [1.82, 2.24) is 9.78 Å². The Kier molecular flexibility index (Phi) is 2.28. The number of rotatable bonds is 2. The third kappa shape index (κ3) is 1.80. The van der Waals surface area contributed by atoms with Gasteiger partial charge in [0.15, 0.2) is 0 Å². The fraction of sp³-hybridized carbons (Fsp3) is 0.333. The predicted molar refractivity (Wildman–Crippen MR) is 42.3 cm³/mol. The Balaban J connectivity index is 2.84. The Morgan fingerprint density at radius 2 is 2.55 bits per heavy atom. The molecule has 11 heavy (non-hydrogen) atoms. The van der Waals surface area contributed by atoms with Gasteiger partial charge in [-0.05, 0) is 28.9 Å². The van der Waals surface area contributed by atoms with E-state index in [0.717, 1.165) is 0 Å². The zero-order chi connectivity index (χ0) is 8.43. The average Bonchev–Trinajstić information content (AvgIpc) is 2.34.